The van der Waals surface area contributed by atoms with Gasteiger partial charge < -0.3 is 15.1 Å². The lowest BCUT2D eigenvalue weighted by Crippen LogP contribution is -2.47. The molecule has 1 aliphatic carbocycles. The highest BCUT2D eigenvalue weighted by Gasteiger charge is 2.30. The normalized spacial score (nSPS) is 17.0. The molecule has 44 heavy (non-hydrogen) atoms. The fraction of sp³-hybridized carbons (Fsp3) is 0.229. The molecule has 7 nitrogen and oxygen atoms in total. The Morgan fingerprint density at radius 1 is 0.818 bits per heavy atom. The zero-order chi connectivity index (χ0) is 30.5. The van der Waals surface area contributed by atoms with Crippen LogP contribution in [0.2, 0.25) is 0 Å². The Kier molecular flexibility index (Phi) is 8.77. The van der Waals surface area contributed by atoms with Crippen LogP contribution in [-0.4, -0.2) is 40.5 Å². The van der Waals surface area contributed by atoms with Gasteiger partial charge in [0.25, 0.3) is 0 Å². The molecule has 0 aromatic heterocycles. The Labute approximate surface area is 258 Å². The van der Waals surface area contributed by atoms with Crippen LogP contribution in [0.5, 0.6) is 0 Å². The van der Waals surface area contributed by atoms with Crippen LogP contribution in [0.25, 0.3) is 6.08 Å². The highest BCUT2D eigenvalue weighted by atomic mass is 32.2. The molecule has 0 spiro atoms. The van der Waals surface area contributed by atoms with Crippen LogP contribution in [0.1, 0.15) is 35.6 Å². The van der Waals surface area contributed by atoms with Crippen molar-refractivity contribution >= 4 is 39.1 Å². The van der Waals surface area contributed by atoms with Crippen molar-refractivity contribution in [1.82, 2.24) is 4.72 Å². The number of halogens is 1. The number of rotatable bonds is 8. The summed E-state index contributed by atoms with van der Waals surface area (Å²) in [6.07, 6.45) is 5.64. The van der Waals surface area contributed by atoms with Crippen molar-refractivity contribution in [3.05, 3.63) is 126 Å². The first-order valence-electron chi connectivity index (χ1n) is 14.9. The van der Waals surface area contributed by atoms with Gasteiger partial charge in [-0.25, -0.2) is 17.5 Å². The molecule has 0 radical (unpaired) electrons. The third-order valence-corrected chi connectivity index (χ3v) is 9.72. The number of piperazine rings is 1. The predicted molar refractivity (Wildman–Crippen MR) is 174 cm³/mol. The van der Waals surface area contributed by atoms with Crippen molar-refractivity contribution in [2.75, 3.05) is 41.3 Å². The molecule has 1 unspecified atom stereocenters. The number of fused-ring (bicyclic) bond motifs is 1. The van der Waals surface area contributed by atoms with E-state index in [0.29, 0.717) is 49.7 Å². The standard InChI is InChI=1S/C35H35FN4O3S/c36-30-14-6-7-16-32(30)39-21-23-40(24-22-39)33-19-18-28(37-35(41)20-17-26-9-2-1-3-10-26)25-34(33)44(42,43)38-31-15-8-12-27-11-4-5-13-29(27)31/h1-7,9-11,13-14,16-20,25,31,38H,8,12,15,21-24H2,(H,37,41)/b20-17+. The molecule has 226 valence electrons. The highest BCUT2D eigenvalue weighted by molar-refractivity contribution is 7.89. The summed E-state index contributed by atoms with van der Waals surface area (Å²) in [4.78, 5) is 16.9. The minimum absolute atomic E-state index is 0.102. The van der Waals surface area contributed by atoms with Gasteiger partial charge in [0, 0.05) is 44.0 Å². The maximum Gasteiger partial charge on any atom is 0.248 e. The van der Waals surface area contributed by atoms with Crippen LogP contribution in [0, 0.1) is 5.82 Å². The van der Waals surface area contributed by atoms with E-state index in [2.05, 4.69) is 16.1 Å². The molecule has 1 atom stereocenters. The van der Waals surface area contributed by atoms with Crippen LogP contribution in [0.15, 0.2) is 108 Å². The first-order valence-corrected chi connectivity index (χ1v) is 16.4. The monoisotopic (exact) mass is 610 g/mol. The summed E-state index contributed by atoms with van der Waals surface area (Å²) in [5.74, 6) is -0.639. The second-order valence-corrected chi connectivity index (χ2v) is 12.8. The molecule has 1 heterocycles. The molecule has 0 bridgehead atoms. The van der Waals surface area contributed by atoms with E-state index < -0.39 is 10.0 Å². The van der Waals surface area contributed by atoms with E-state index in [4.69, 9.17) is 0 Å². The van der Waals surface area contributed by atoms with Gasteiger partial charge in [-0.1, -0.05) is 66.7 Å². The minimum atomic E-state index is -4.00. The quantitative estimate of drug-likeness (QED) is 0.234. The SMILES string of the molecule is O=C(/C=C/c1ccccc1)Nc1ccc(N2CCN(c3ccccc3F)CC2)c(S(=O)(=O)NC2CCCc3ccccc32)c1. The Morgan fingerprint density at radius 3 is 2.27 bits per heavy atom. The Morgan fingerprint density at radius 2 is 1.50 bits per heavy atom. The van der Waals surface area contributed by atoms with Crippen molar-refractivity contribution in [3.63, 3.8) is 0 Å². The van der Waals surface area contributed by atoms with Crippen molar-refractivity contribution in [2.24, 2.45) is 0 Å². The number of carbonyl (C=O) groups is 1. The van der Waals surface area contributed by atoms with E-state index in [9.17, 15) is 17.6 Å². The minimum Gasteiger partial charge on any atom is -0.367 e. The van der Waals surface area contributed by atoms with E-state index >= 15 is 0 Å². The van der Waals surface area contributed by atoms with E-state index in [0.717, 1.165) is 29.5 Å². The van der Waals surface area contributed by atoms with Crippen molar-refractivity contribution in [2.45, 2.75) is 30.2 Å². The number of amides is 1. The predicted octanol–water partition coefficient (Wildman–Crippen LogP) is 6.16. The Hall–Kier alpha value is -4.47. The maximum atomic E-state index is 14.5. The molecular formula is C35H35FN4O3S. The fourth-order valence-corrected chi connectivity index (χ4v) is 7.51. The Balaban J connectivity index is 1.27. The number of carbonyl (C=O) groups excluding carboxylic acids is 1. The second kappa shape index (κ2) is 13.0. The summed E-state index contributed by atoms with van der Waals surface area (Å²) in [7, 11) is -4.00. The molecule has 6 rings (SSSR count). The molecular weight excluding hydrogens is 575 g/mol. The third-order valence-electron chi connectivity index (χ3n) is 8.22. The molecule has 0 saturated carbocycles. The number of nitrogens with one attached hydrogen (secondary N) is 2. The van der Waals surface area contributed by atoms with Gasteiger partial charge in [-0.15, -0.1) is 0 Å². The van der Waals surface area contributed by atoms with Gasteiger partial charge >= 0.3 is 0 Å². The number of hydrogen-bond acceptors (Lipinski definition) is 5. The van der Waals surface area contributed by atoms with E-state index in [1.54, 1.807) is 30.3 Å². The topological polar surface area (TPSA) is 81.8 Å². The summed E-state index contributed by atoms with van der Waals surface area (Å²) in [5.41, 5.74) is 4.51. The summed E-state index contributed by atoms with van der Waals surface area (Å²) in [5, 5.41) is 2.82. The molecule has 9 heteroatoms. The number of anilines is 3. The average molecular weight is 611 g/mol. The van der Waals surface area contributed by atoms with Gasteiger partial charge in [0.2, 0.25) is 15.9 Å². The molecule has 4 aromatic rings. The first kappa shape index (κ1) is 29.6. The summed E-state index contributed by atoms with van der Waals surface area (Å²) in [6, 6.07) is 28.8. The number of hydrogen-bond donors (Lipinski definition) is 2. The number of para-hydroxylation sites is 1. The zero-order valence-corrected chi connectivity index (χ0v) is 25.1. The van der Waals surface area contributed by atoms with Gasteiger partial charge in [-0.05, 0) is 72.4 Å². The number of aryl methyl sites for hydroxylation is 1. The van der Waals surface area contributed by atoms with E-state index in [1.165, 1.54) is 18.2 Å². The van der Waals surface area contributed by atoms with Crippen molar-refractivity contribution in [3.8, 4) is 0 Å². The van der Waals surface area contributed by atoms with Gasteiger partial charge in [0.15, 0.2) is 0 Å². The van der Waals surface area contributed by atoms with Crippen molar-refractivity contribution < 1.29 is 17.6 Å². The summed E-state index contributed by atoms with van der Waals surface area (Å²) < 4.78 is 45.7. The summed E-state index contributed by atoms with van der Waals surface area (Å²) >= 11 is 0. The lowest BCUT2D eigenvalue weighted by Gasteiger charge is -2.38. The first-order chi connectivity index (χ1) is 21.4. The smallest absolute Gasteiger partial charge is 0.248 e. The number of benzene rings is 4. The molecule has 4 aromatic carbocycles. The van der Waals surface area contributed by atoms with Crippen LogP contribution in [0.3, 0.4) is 0 Å². The average Bonchev–Trinajstić information content (AvgIpc) is 3.05. The highest BCUT2D eigenvalue weighted by Crippen LogP contribution is 2.35. The molecule has 1 aliphatic heterocycles. The van der Waals surface area contributed by atoms with Crippen LogP contribution in [-0.2, 0) is 21.2 Å². The zero-order valence-electron chi connectivity index (χ0n) is 24.3. The van der Waals surface area contributed by atoms with Crippen LogP contribution >= 0.6 is 0 Å². The van der Waals surface area contributed by atoms with Gasteiger partial charge in [-0.2, -0.15) is 0 Å². The van der Waals surface area contributed by atoms with Crippen LogP contribution in [0.4, 0.5) is 21.5 Å². The largest absolute Gasteiger partial charge is 0.367 e. The van der Waals surface area contributed by atoms with E-state index in [-0.39, 0.29) is 22.7 Å². The lowest BCUT2D eigenvalue weighted by molar-refractivity contribution is -0.111. The maximum absolute atomic E-state index is 14.5. The molecule has 2 N–H and O–H groups in total. The molecule has 2 aliphatic rings. The van der Waals surface area contributed by atoms with Gasteiger partial charge in [-0.3, -0.25) is 4.79 Å². The molecule has 1 saturated heterocycles. The van der Waals surface area contributed by atoms with Crippen molar-refractivity contribution in [1.29, 1.82) is 0 Å². The third kappa shape index (κ3) is 6.69. The van der Waals surface area contributed by atoms with Crippen LogP contribution < -0.4 is 19.8 Å². The summed E-state index contributed by atoms with van der Waals surface area (Å²) in [6.45, 7) is 2.09. The number of sulfonamides is 1. The van der Waals surface area contributed by atoms with Gasteiger partial charge in [0.1, 0.15) is 10.7 Å². The van der Waals surface area contributed by atoms with E-state index in [1.807, 2.05) is 64.4 Å². The van der Waals surface area contributed by atoms with Gasteiger partial charge in [0.05, 0.1) is 11.4 Å². The Bertz CT molecular complexity index is 1770. The lowest BCUT2D eigenvalue weighted by atomic mass is 9.88. The second-order valence-electron chi connectivity index (χ2n) is 11.1. The fourth-order valence-electron chi connectivity index (χ4n) is 6.01. The number of nitrogens with zero attached hydrogens (tertiary/aromatic N) is 2. The molecule has 1 fully saturated rings. The molecule has 1 amide bonds.